The van der Waals surface area contributed by atoms with Gasteiger partial charge in [0.25, 0.3) is 0 Å². The van der Waals surface area contributed by atoms with Gasteiger partial charge in [-0.25, -0.2) is 0 Å². The normalized spacial score (nSPS) is 14.5. The van der Waals surface area contributed by atoms with E-state index < -0.39 is 6.71 Å². The maximum atomic E-state index is 5.10. The van der Waals surface area contributed by atoms with Crippen molar-refractivity contribution in [1.82, 2.24) is 30.6 Å². The van der Waals surface area contributed by atoms with Crippen LogP contribution in [-0.4, -0.2) is 37.3 Å². The van der Waals surface area contributed by atoms with Crippen LogP contribution in [0.15, 0.2) is 0 Å². The summed E-state index contributed by atoms with van der Waals surface area (Å²) in [5.74, 6) is 0. The molecule has 0 aliphatic rings. The molecule has 3 aromatic heterocycles. The van der Waals surface area contributed by atoms with Crippen LogP contribution in [0, 0.1) is 0 Å². The van der Waals surface area contributed by atoms with E-state index >= 15 is 0 Å². The van der Waals surface area contributed by atoms with Crippen LogP contribution in [0.3, 0.4) is 0 Å². The van der Waals surface area contributed by atoms with Gasteiger partial charge in [-0.05, 0) is 0 Å². The largest absolute Gasteiger partial charge is 0.285 e. The quantitative estimate of drug-likeness (QED) is 0.356. The van der Waals surface area contributed by atoms with Crippen LogP contribution in [0.2, 0.25) is 0 Å². The van der Waals surface area contributed by atoms with Crippen molar-refractivity contribution in [2.24, 2.45) is 0 Å². The molecule has 0 aliphatic heterocycles. The summed E-state index contributed by atoms with van der Waals surface area (Å²) in [6.45, 7) is 39.8. The zero-order valence-electron chi connectivity index (χ0n) is 29.0. The summed E-state index contributed by atoms with van der Waals surface area (Å²) in [7, 11) is 0. The fourth-order valence-corrected chi connectivity index (χ4v) is 6.38. The smallest absolute Gasteiger partial charge is 0.0803 e. The number of rotatable bonds is 3. The Hall–Kier alpha value is -2.31. The SMILES string of the molecule is CC(C)(C)c1n[nH]c(C(C)(C)C)c1[BH-](c1c(C(C)(C)C)n[nH]c1C(C)(C)C)c1c(C(C)(C)C)n[nH]c1C(C)(C)C. The van der Waals surface area contributed by atoms with Gasteiger partial charge in [0.15, 0.2) is 0 Å². The van der Waals surface area contributed by atoms with Crippen LogP contribution in [-0.2, 0) is 32.5 Å². The number of hydrogen-bond donors (Lipinski definition) is 3. The van der Waals surface area contributed by atoms with Crippen LogP contribution in [0.5, 0.6) is 0 Å². The van der Waals surface area contributed by atoms with Gasteiger partial charge in [0, 0.05) is 66.7 Å². The van der Waals surface area contributed by atoms with Crippen molar-refractivity contribution >= 4 is 23.1 Å². The second-order valence-corrected chi connectivity index (χ2v) is 18.3. The maximum Gasteiger partial charge on any atom is 0.0803 e. The molecular weight excluding hydrogens is 491 g/mol. The molecule has 0 spiro atoms. The first-order valence-corrected chi connectivity index (χ1v) is 15.2. The van der Waals surface area contributed by atoms with Crippen LogP contribution >= 0.6 is 0 Å². The van der Waals surface area contributed by atoms with E-state index in [1.54, 1.807) is 0 Å². The molecule has 0 aromatic carbocycles. The van der Waals surface area contributed by atoms with Gasteiger partial charge in [0.2, 0.25) is 0 Å². The summed E-state index contributed by atoms with van der Waals surface area (Å²) < 4.78 is 0. The highest BCUT2D eigenvalue weighted by atomic mass is 15.2. The number of H-pyrrole nitrogens is 3. The molecular formula is C33H58BN6-. The van der Waals surface area contributed by atoms with Crippen molar-refractivity contribution in [1.29, 1.82) is 0 Å². The molecule has 6 nitrogen and oxygen atoms in total. The predicted octanol–water partition coefficient (Wildman–Crippen LogP) is 5.89. The Kier molecular flexibility index (Phi) is 7.75. The Balaban J connectivity index is 2.76. The molecule has 0 aliphatic carbocycles. The van der Waals surface area contributed by atoms with Gasteiger partial charge in [0.05, 0.1) is 6.71 Å². The summed E-state index contributed by atoms with van der Waals surface area (Å²) in [5, 5.41) is 26.0. The lowest BCUT2D eigenvalue weighted by atomic mass is 9.32. The number of nitrogens with one attached hydrogen (secondary N) is 3. The number of aromatic amines is 3. The van der Waals surface area contributed by atoms with Crippen molar-refractivity contribution in [2.75, 3.05) is 0 Å². The topological polar surface area (TPSA) is 86.0 Å². The molecule has 0 fully saturated rings. The zero-order chi connectivity index (χ0) is 31.0. The van der Waals surface area contributed by atoms with Crippen LogP contribution in [0.1, 0.15) is 159 Å². The van der Waals surface area contributed by atoms with Gasteiger partial charge < -0.3 is 0 Å². The number of hydrogen-bond acceptors (Lipinski definition) is 3. The second-order valence-electron chi connectivity index (χ2n) is 18.3. The van der Waals surface area contributed by atoms with Gasteiger partial charge in [-0.2, -0.15) is 31.7 Å². The van der Waals surface area contributed by atoms with E-state index in [4.69, 9.17) is 15.3 Å². The van der Waals surface area contributed by atoms with E-state index in [2.05, 4.69) is 140 Å². The molecule has 7 heteroatoms. The van der Waals surface area contributed by atoms with E-state index in [0.29, 0.717) is 0 Å². The third-order valence-corrected chi connectivity index (χ3v) is 8.04. The summed E-state index contributed by atoms with van der Waals surface area (Å²) in [6.07, 6.45) is 0. The fraction of sp³-hybridized carbons (Fsp3) is 0.727. The molecule has 3 N–H and O–H groups in total. The molecule has 224 valence electrons. The predicted molar refractivity (Wildman–Crippen MR) is 174 cm³/mol. The summed E-state index contributed by atoms with van der Waals surface area (Å²) >= 11 is 0. The monoisotopic (exact) mass is 549 g/mol. The van der Waals surface area contributed by atoms with Gasteiger partial charge >= 0.3 is 0 Å². The van der Waals surface area contributed by atoms with E-state index in [1.807, 2.05) is 0 Å². The molecule has 0 saturated carbocycles. The molecule has 0 amide bonds. The lowest BCUT2D eigenvalue weighted by molar-refractivity contribution is 0.563. The molecule has 0 saturated heterocycles. The van der Waals surface area contributed by atoms with Crippen molar-refractivity contribution < 1.29 is 0 Å². The fourth-order valence-electron chi connectivity index (χ4n) is 6.38. The molecule has 40 heavy (non-hydrogen) atoms. The van der Waals surface area contributed by atoms with Crippen molar-refractivity contribution in [2.45, 2.75) is 157 Å². The third-order valence-electron chi connectivity index (χ3n) is 8.04. The minimum atomic E-state index is -1.41. The Bertz CT molecular complexity index is 1080. The van der Waals surface area contributed by atoms with E-state index in [-0.39, 0.29) is 32.5 Å². The lowest BCUT2D eigenvalue weighted by Crippen LogP contribution is -2.61. The van der Waals surface area contributed by atoms with Gasteiger partial charge in [-0.3, -0.25) is 15.3 Å². The Morgan fingerprint density at radius 1 is 0.350 bits per heavy atom. The molecule has 0 bridgehead atoms. The number of aromatic nitrogens is 6. The Labute approximate surface area is 244 Å². The molecule has 0 atom stereocenters. The standard InChI is InChI=1S/C33H58BN6/c1-28(2,3)22-19(23(36-35-22)29(4,5)6)34(20-24(30(7,8)9)37-38-25(20)31(10,11)12)21-26(32(13,14)15)39-40-27(21)33(16,17)18/h34H,1-18H3,(H,35,36)(H,37,38)(H,39,40)/q-1. The molecule has 0 unspecified atom stereocenters. The highest BCUT2D eigenvalue weighted by Gasteiger charge is 2.40. The average molecular weight is 550 g/mol. The van der Waals surface area contributed by atoms with Crippen molar-refractivity contribution in [3.05, 3.63) is 34.2 Å². The van der Waals surface area contributed by atoms with Gasteiger partial charge in [-0.15, -0.1) is 0 Å². The van der Waals surface area contributed by atoms with E-state index in [9.17, 15) is 0 Å². The molecule has 3 heterocycles. The molecule has 0 radical (unpaired) electrons. The van der Waals surface area contributed by atoms with Crippen LogP contribution in [0.25, 0.3) is 0 Å². The third kappa shape index (κ3) is 5.99. The Morgan fingerprint density at radius 2 is 0.550 bits per heavy atom. The first-order chi connectivity index (χ1) is 17.7. The van der Waals surface area contributed by atoms with Gasteiger partial charge in [-0.1, -0.05) is 125 Å². The molecule has 3 aromatic rings. The van der Waals surface area contributed by atoms with Crippen molar-refractivity contribution in [3.8, 4) is 0 Å². The van der Waals surface area contributed by atoms with Crippen molar-refractivity contribution in [3.63, 3.8) is 0 Å². The zero-order valence-corrected chi connectivity index (χ0v) is 29.0. The highest BCUT2D eigenvalue weighted by molar-refractivity contribution is 6.97. The van der Waals surface area contributed by atoms with Gasteiger partial charge in [0.1, 0.15) is 0 Å². The van der Waals surface area contributed by atoms with E-state index in [0.717, 1.165) is 17.1 Å². The second kappa shape index (κ2) is 9.63. The Morgan fingerprint density at radius 3 is 0.700 bits per heavy atom. The molecule has 3 rings (SSSR count). The lowest BCUT2D eigenvalue weighted by Gasteiger charge is -2.40. The highest BCUT2D eigenvalue weighted by Crippen LogP contribution is 2.32. The van der Waals surface area contributed by atoms with Crippen LogP contribution in [0.4, 0.5) is 0 Å². The summed E-state index contributed by atoms with van der Waals surface area (Å²) in [5.41, 5.74) is 10.2. The first-order valence-electron chi connectivity index (χ1n) is 15.2. The minimum absolute atomic E-state index is 0.127. The summed E-state index contributed by atoms with van der Waals surface area (Å²) in [4.78, 5) is 0. The average Bonchev–Trinajstić information content (AvgIpc) is 3.42. The maximum absolute atomic E-state index is 5.10. The number of nitrogens with zero attached hydrogens (tertiary/aromatic N) is 3. The van der Waals surface area contributed by atoms with Crippen LogP contribution < -0.4 is 16.4 Å². The first kappa shape index (κ1) is 32.2. The van der Waals surface area contributed by atoms with E-state index in [1.165, 1.54) is 33.5 Å². The summed E-state index contributed by atoms with van der Waals surface area (Å²) in [6, 6.07) is 0. The minimum Gasteiger partial charge on any atom is -0.285 e.